The minimum Gasteiger partial charge on any atom is -0.321 e. The lowest BCUT2D eigenvalue weighted by molar-refractivity contribution is -0.684. The molecule has 0 spiro atoms. The number of halogens is 2. The zero-order valence-corrected chi connectivity index (χ0v) is 12.8. The summed E-state index contributed by atoms with van der Waals surface area (Å²) in [7, 11) is 0. The molecule has 0 aliphatic rings. The van der Waals surface area contributed by atoms with Gasteiger partial charge in [0.1, 0.15) is 0 Å². The molecule has 0 bridgehead atoms. The predicted molar refractivity (Wildman–Crippen MR) is 81.7 cm³/mol. The van der Waals surface area contributed by atoms with Crippen molar-refractivity contribution in [2.75, 3.05) is 5.32 Å². The average molecular weight is 324 g/mol. The molecule has 1 heterocycles. The monoisotopic (exact) mass is 323 g/mol. The fourth-order valence-electron chi connectivity index (χ4n) is 1.77. The first-order valence-corrected chi connectivity index (χ1v) is 6.96. The van der Waals surface area contributed by atoms with Gasteiger partial charge in [0, 0.05) is 11.8 Å². The first-order valence-electron chi connectivity index (χ1n) is 6.20. The van der Waals surface area contributed by atoms with Gasteiger partial charge < -0.3 is 5.32 Å². The van der Waals surface area contributed by atoms with E-state index in [4.69, 9.17) is 23.2 Å². The van der Waals surface area contributed by atoms with Crippen molar-refractivity contribution in [3.63, 3.8) is 0 Å². The van der Waals surface area contributed by atoms with Gasteiger partial charge in [0.05, 0.1) is 15.6 Å². The summed E-state index contributed by atoms with van der Waals surface area (Å²) in [5.74, 6) is -0.270. The topological polar surface area (TPSA) is 50.0 Å². The van der Waals surface area contributed by atoms with E-state index in [1.807, 2.05) is 0 Å². The van der Waals surface area contributed by atoms with Crippen molar-refractivity contribution in [3.05, 3.63) is 58.3 Å². The zero-order valence-electron chi connectivity index (χ0n) is 11.3. The third kappa shape index (κ3) is 4.28. The number of carbonyl (C=O) groups is 2. The van der Waals surface area contributed by atoms with Gasteiger partial charge in [0.25, 0.3) is 5.91 Å². The number of pyridine rings is 1. The van der Waals surface area contributed by atoms with E-state index in [1.54, 1.807) is 47.3 Å². The Balaban J connectivity index is 2.06. The van der Waals surface area contributed by atoms with Crippen LogP contribution in [0.4, 0.5) is 5.69 Å². The van der Waals surface area contributed by atoms with E-state index in [9.17, 15) is 9.59 Å². The smallest absolute Gasteiger partial charge is 0.290 e. The van der Waals surface area contributed by atoms with Crippen LogP contribution >= 0.6 is 23.2 Å². The van der Waals surface area contributed by atoms with E-state index < -0.39 is 0 Å². The van der Waals surface area contributed by atoms with Gasteiger partial charge in [0.15, 0.2) is 18.2 Å². The SMILES string of the molecule is CC(=O)c1ccc[n+](CC(=O)Nc2ccc(Cl)c(Cl)c2)c1. The molecule has 6 heteroatoms. The van der Waals surface area contributed by atoms with Crippen LogP contribution in [0.15, 0.2) is 42.7 Å². The molecule has 0 fully saturated rings. The Labute approximate surface area is 132 Å². The number of carbonyl (C=O) groups excluding carboxylic acids is 2. The number of hydrogen-bond acceptors (Lipinski definition) is 2. The third-order valence-electron chi connectivity index (χ3n) is 2.79. The van der Waals surface area contributed by atoms with Crippen LogP contribution in [-0.4, -0.2) is 11.7 Å². The number of Topliss-reactive ketones (excluding diaryl/α,β-unsaturated/α-hetero) is 1. The quantitative estimate of drug-likeness (QED) is 0.694. The molecule has 2 rings (SSSR count). The fourth-order valence-corrected chi connectivity index (χ4v) is 2.07. The number of ketones is 1. The highest BCUT2D eigenvalue weighted by Gasteiger charge is 2.12. The first-order chi connectivity index (χ1) is 9.95. The summed E-state index contributed by atoms with van der Waals surface area (Å²) in [6.07, 6.45) is 3.36. The van der Waals surface area contributed by atoms with Crippen molar-refractivity contribution in [2.24, 2.45) is 0 Å². The van der Waals surface area contributed by atoms with Gasteiger partial charge >= 0.3 is 0 Å². The maximum atomic E-state index is 12.0. The summed E-state index contributed by atoms with van der Waals surface area (Å²) in [5, 5.41) is 3.52. The molecule has 2 aromatic rings. The van der Waals surface area contributed by atoms with Gasteiger partial charge in [-0.15, -0.1) is 0 Å². The number of rotatable bonds is 4. The van der Waals surface area contributed by atoms with E-state index in [0.717, 1.165) is 0 Å². The number of anilines is 1. The van der Waals surface area contributed by atoms with Crippen molar-refractivity contribution in [2.45, 2.75) is 13.5 Å². The van der Waals surface area contributed by atoms with Crippen LogP contribution in [0.1, 0.15) is 17.3 Å². The second kappa shape index (κ2) is 6.70. The molecule has 0 saturated carbocycles. The number of aromatic nitrogens is 1. The van der Waals surface area contributed by atoms with E-state index >= 15 is 0 Å². The van der Waals surface area contributed by atoms with Crippen molar-refractivity contribution in [1.82, 2.24) is 0 Å². The second-order valence-electron chi connectivity index (χ2n) is 4.50. The molecular formula is C15H13Cl2N2O2+. The first kappa shape index (κ1) is 15.5. The molecule has 1 aromatic carbocycles. The van der Waals surface area contributed by atoms with Crippen molar-refractivity contribution >= 4 is 40.6 Å². The Hall–Kier alpha value is -1.91. The lowest BCUT2D eigenvalue weighted by Gasteiger charge is -2.04. The molecule has 0 radical (unpaired) electrons. The van der Waals surface area contributed by atoms with Crippen molar-refractivity contribution in [3.8, 4) is 0 Å². The highest BCUT2D eigenvalue weighted by atomic mass is 35.5. The Morgan fingerprint density at radius 3 is 2.62 bits per heavy atom. The van der Waals surface area contributed by atoms with Gasteiger partial charge in [-0.2, -0.15) is 4.57 Å². The van der Waals surface area contributed by atoms with Crippen LogP contribution in [0, 0.1) is 0 Å². The molecule has 0 aliphatic heterocycles. The van der Waals surface area contributed by atoms with Crippen LogP contribution in [0.3, 0.4) is 0 Å². The molecule has 0 unspecified atom stereocenters. The molecule has 4 nitrogen and oxygen atoms in total. The molecule has 21 heavy (non-hydrogen) atoms. The lowest BCUT2D eigenvalue weighted by atomic mass is 10.2. The zero-order chi connectivity index (χ0) is 15.4. The summed E-state index contributed by atoms with van der Waals surface area (Å²) < 4.78 is 1.64. The molecule has 108 valence electrons. The Kier molecular flexibility index (Phi) is 4.94. The van der Waals surface area contributed by atoms with E-state index in [1.165, 1.54) is 6.92 Å². The summed E-state index contributed by atoms with van der Waals surface area (Å²) in [5.41, 5.74) is 1.12. The summed E-state index contributed by atoms with van der Waals surface area (Å²) in [4.78, 5) is 23.3. The Morgan fingerprint density at radius 2 is 1.95 bits per heavy atom. The van der Waals surface area contributed by atoms with Crippen LogP contribution in [0.25, 0.3) is 0 Å². The van der Waals surface area contributed by atoms with Gasteiger partial charge in [-0.3, -0.25) is 9.59 Å². The summed E-state index contributed by atoms with van der Waals surface area (Å²) in [6, 6.07) is 8.29. The third-order valence-corrected chi connectivity index (χ3v) is 3.53. The normalized spacial score (nSPS) is 10.2. The number of hydrogen-bond donors (Lipinski definition) is 1. The maximum Gasteiger partial charge on any atom is 0.290 e. The number of nitrogens with zero attached hydrogens (tertiary/aromatic N) is 1. The van der Waals surface area contributed by atoms with Gasteiger partial charge in [-0.1, -0.05) is 23.2 Å². The molecular weight excluding hydrogens is 311 g/mol. The van der Waals surface area contributed by atoms with E-state index in [-0.39, 0.29) is 18.2 Å². The van der Waals surface area contributed by atoms with Gasteiger partial charge in [-0.25, -0.2) is 0 Å². The highest BCUT2D eigenvalue weighted by molar-refractivity contribution is 6.42. The average Bonchev–Trinajstić information content (AvgIpc) is 2.43. The van der Waals surface area contributed by atoms with Gasteiger partial charge in [0.2, 0.25) is 6.54 Å². The molecule has 1 N–H and O–H groups in total. The predicted octanol–water partition coefficient (Wildman–Crippen LogP) is 3.12. The van der Waals surface area contributed by atoms with Crippen LogP contribution in [0.5, 0.6) is 0 Å². The van der Waals surface area contributed by atoms with E-state index in [0.29, 0.717) is 21.3 Å². The number of amides is 1. The summed E-state index contributed by atoms with van der Waals surface area (Å²) in [6.45, 7) is 1.58. The van der Waals surface area contributed by atoms with E-state index in [2.05, 4.69) is 5.32 Å². The van der Waals surface area contributed by atoms with Crippen molar-refractivity contribution < 1.29 is 14.2 Å². The highest BCUT2D eigenvalue weighted by Crippen LogP contribution is 2.24. The fraction of sp³-hybridized carbons (Fsp3) is 0.133. The number of benzene rings is 1. The molecule has 1 amide bonds. The number of nitrogens with one attached hydrogen (secondary N) is 1. The molecule has 0 aliphatic carbocycles. The largest absolute Gasteiger partial charge is 0.321 e. The van der Waals surface area contributed by atoms with Crippen LogP contribution in [0.2, 0.25) is 10.0 Å². The lowest BCUT2D eigenvalue weighted by Crippen LogP contribution is -2.40. The molecule has 1 aromatic heterocycles. The minimum absolute atomic E-state index is 0.0470. The molecule has 0 saturated heterocycles. The van der Waals surface area contributed by atoms with Gasteiger partial charge in [-0.05, 0) is 31.2 Å². The maximum absolute atomic E-state index is 12.0. The van der Waals surface area contributed by atoms with Crippen LogP contribution < -0.4 is 9.88 Å². The van der Waals surface area contributed by atoms with Crippen molar-refractivity contribution in [1.29, 1.82) is 0 Å². The summed E-state index contributed by atoms with van der Waals surface area (Å²) >= 11 is 11.7. The van der Waals surface area contributed by atoms with Crippen LogP contribution in [-0.2, 0) is 11.3 Å². The Bertz CT molecular complexity index is 702. The standard InChI is InChI=1S/C15H12Cl2N2O2/c1-10(20)11-3-2-6-19(8-11)9-15(21)18-12-4-5-13(16)14(17)7-12/h2-8H,9H2,1H3/p+1. The Morgan fingerprint density at radius 1 is 1.19 bits per heavy atom. The second-order valence-corrected chi connectivity index (χ2v) is 5.31. The molecule has 0 atom stereocenters. The minimum atomic E-state index is -0.223.